The summed E-state index contributed by atoms with van der Waals surface area (Å²) in [6.07, 6.45) is -1.02. The van der Waals surface area contributed by atoms with Crippen molar-refractivity contribution in [3.8, 4) is 11.5 Å². The van der Waals surface area contributed by atoms with Crippen molar-refractivity contribution in [2.45, 2.75) is 20.0 Å². The van der Waals surface area contributed by atoms with Gasteiger partial charge in [0.1, 0.15) is 5.52 Å². The Labute approximate surface area is 183 Å². The zero-order valence-electron chi connectivity index (χ0n) is 16.9. The van der Waals surface area contributed by atoms with Crippen LogP contribution < -0.4 is 5.32 Å². The molecular formula is C24H19ClN2O4. The summed E-state index contributed by atoms with van der Waals surface area (Å²) < 4.78 is 11.2. The number of rotatable bonds is 5. The highest BCUT2D eigenvalue weighted by Gasteiger charge is 2.23. The fourth-order valence-electron chi connectivity index (χ4n) is 3.03. The smallest absolute Gasteiger partial charge is 0.339 e. The number of hydrogen-bond donors (Lipinski definition) is 1. The van der Waals surface area contributed by atoms with E-state index >= 15 is 0 Å². The lowest BCUT2D eigenvalue weighted by Crippen LogP contribution is -2.30. The number of carbonyl (C=O) groups excluding carboxylic acids is 2. The van der Waals surface area contributed by atoms with Gasteiger partial charge in [0.25, 0.3) is 5.91 Å². The number of anilines is 1. The highest BCUT2D eigenvalue weighted by atomic mass is 35.5. The summed E-state index contributed by atoms with van der Waals surface area (Å²) in [4.78, 5) is 29.8. The number of oxazole rings is 1. The molecule has 3 aromatic carbocycles. The summed E-state index contributed by atoms with van der Waals surface area (Å²) in [6, 6.07) is 19.3. The van der Waals surface area contributed by atoms with E-state index in [2.05, 4.69) is 10.3 Å². The predicted molar refractivity (Wildman–Crippen MR) is 119 cm³/mol. The molecule has 0 spiro atoms. The van der Waals surface area contributed by atoms with Gasteiger partial charge in [-0.2, -0.15) is 0 Å². The van der Waals surface area contributed by atoms with Crippen molar-refractivity contribution >= 4 is 40.3 Å². The second kappa shape index (κ2) is 8.62. The van der Waals surface area contributed by atoms with Crippen LogP contribution in [0.2, 0.25) is 5.02 Å². The summed E-state index contributed by atoms with van der Waals surface area (Å²) in [5.41, 5.74) is 3.47. The number of esters is 1. The molecular weight excluding hydrogens is 416 g/mol. The molecule has 1 heterocycles. The number of aryl methyl sites for hydroxylation is 1. The third kappa shape index (κ3) is 4.44. The maximum Gasteiger partial charge on any atom is 0.339 e. The highest BCUT2D eigenvalue weighted by Crippen LogP contribution is 2.28. The van der Waals surface area contributed by atoms with E-state index in [0.29, 0.717) is 33.3 Å². The van der Waals surface area contributed by atoms with Crippen LogP contribution in [0.25, 0.3) is 22.6 Å². The third-order valence-electron chi connectivity index (χ3n) is 4.76. The van der Waals surface area contributed by atoms with E-state index in [-0.39, 0.29) is 5.56 Å². The molecule has 0 saturated heterocycles. The van der Waals surface area contributed by atoms with Crippen LogP contribution in [0.4, 0.5) is 5.69 Å². The standard InChI is InChI=1S/C24H19ClN2O4/c1-14-11-12-16(13-19(14)25)26-22(28)15(2)30-24(29)18-8-4-3-7-17(18)23-27-20-9-5-6-10-21(20)31-23/h3-13,15H,1-2H3,(H,26,28). The van der Waals surface area contributed by atoms with E-state index in [0.717, 1.165) is 5.56 Å². The maximum atomic E-state index is 12.8. The minimum Gasteiger partial charge on any atom is -0.449 e. The highest BCUT2D eigenvalue weighted by molar-refractivity contribution is 6.31. The predicted octanol–water partition coefficient (Wildman–Crippen LogP) is 5.64. The van der Waals surface area contributed by atoms with Gasteiger partial charge in [-0.1, -0.05) is 41.9 Å². The average Bonchev–Trinajstić information content (AvgIpc) is 3.20. The van der Waals surface area contributed by atoms with Crippen molar-refractivity contribution in [1.29, 1.82) is 0 Å². The number of fused-ring (bicyclic) bond motifs is 1. The number of benzene rings is 3. The summed E-state index contributed by atoms with van der Waals surface area (Å²) in [5.74, 6) is -0.810. The van der Waals surface area contributed by atoms with E-state index in [9.17, 15) is 9.59 Å². The molecule has 0 aliphatic rings. The maximum absolute atomic E-state index is 12.8. The minimum absolute atomic E-state index is 0.257. The Hall–Kier alpha value is -3.64. The topological polar surface area (TPSA) is 81.4 Å². The van der Waals surface area contributed by atoms with Crippen LogP contribution in [0.3, 0.4) is 0 Å². The lowest BCUT2D eigenvalue weighted by atomic mass is 10.1. The lowest BCUT2D eigenvalue weighted by molar-refractivity contribution is -0.123. The van der Waals surface area contributed by atoms with Gasteiger partial charge in [-0.25, -0.2) is 9.78 Å². The Bertz CT molecular complexity index is 1250. The van der Waals surface area contributed by atoms with E-state index in [1.165, 1.54) is 6.92 Å². The summed E-state index contributed by atoms with van der Waals surface area (Å²) in [6.45, 7) is 3.37. The Morgan fingerprint density at radius 1 is 1.06 bits per heavy atom. The molecule has 1 aromatic heterocycles. The summed E-state index contributed by atoms with van der Waals surface area (Å²) >= 11 is 6.09. The van der Waals surface area contributed by atoms with Gasteiger partial charge in [-0.15, -0.1) is 0 Å². The fourth-order valence-corrected chi connectivity index (χ4v) is 3.21. The SMILES string of the molecule is Cc1ccc(NC(=O)C(C)OC(=O)c2ccccc2-c2nc3ccccc3o2)cc1Cl. The van der Waals surface area contributed by atoms with Crippen LogP contribution in [0.15, 0.2) is 71.1 Å². The molecule has 0 aliphatic carbocycles. The van der Waals surface area contributed by atoms with Crippen LogP contribution in [-0.2, 0) is 9.53 Å². The molecule has 7 heteroatoms. The van der Waals surface area contributed by atoms with Crippen molar-refractivity contribution in [3.05, 3.63) is 82.9 Å². The molecule has 4 rings (SSSR count). The van der Waals surface area contributed by atoms with Crippen molar-refractivity contribution in [1.82, 2.24) is 4.98 Å². The Morgan fingerprint density at radius 2 is 1.81 bits per heavy atom. The normalized spacial score (nSPS) is 11.8. The van der Waals surface area contributed by atoms with Crippen molar-refractivity contribution < 1.29 is 18.7 Å². The first-order chi connectivity index (χ1) is 14.9. The summed E-state index contributed by atoms with van der Waals surface area (Å²) in [7, 11) is 0. The number of nitrogens with one attached hydrogen (secondary N) is 1. The van der Waals surface area contributed by atoms with Crippen LogP contribution in [0.5, 0.6) is 0 Å². The molecule has 6 nitrogen and oxygen atoms in total. The molecule has 0 radical (unpaired) electrons. The number of hydrogen-bond acceptors (Lipinski definition) is 5. The van der Waals surface area contributed by atoms with Gasteiger partial charge in [0.05, 0.1) is 11.1 Å². The monoisotopic (exact) mass is 434 g/mol. The van der Waals surface area contributed by atoms with Gasteiger partial charge >= 0.3 is 5.97 Å². The van der Waals surface area contributed by atoms with Crippen molar-refractivity contribution in [2.24, 2.45) is 0 Å². The molecule has 4 aromatic rings. The molecule has 0 aliphatic heterocycles. The second-order valence-electron chi connectivity index (χ2n) is 7.03. The van der Waals surface area contributed by atoms with Crippen molar-refractivity contribution in [2.75, 3.05) is 5.32 Å². The van der Waals surface area contributed by atoms with Gasteiger partial charge < -0.3 is 14.5 Å². The first-order valence-corrected chi connectivity index (χ1v) is 10.0. The van der Waals surface area contributed by atoms with Crippen LogP contribution in [0.1, 0.15) is 22.8 Å². The molecule has 1 atom stereocenters. The average molecular weight is 435 g/mol. The van der Waals surface area contributed by atoms with Gasteiger partial charge in [0.2, 0.25) is 5.89 Å². The van der Waals surface area contributed by atoms with Gasteiger partial charge in [0, 0.05) is 10.7 Å². The van der Waals surface area contributed by atoms with Crippen LogP contribution >= 0.6 is 11.6 Å². The molecule has 0 fully saturated rings. The van der Waals surface area contributed by atoms with E-state index < -0.39 is 18.0 Å². The summed E-state index contributed by atoms with van der Waals surface area (Å²) in [5, 5.41) is 3.24. The van der Waals surface area contributed by atoms with Gasteiger partial charge in [-0.05, 0) is 55.8 Å². The second-order valence-corrected chi connectivity index (χ2v) is 7.44. The molecule has 156 valence electrons. The van der Waals surface area contributed by atoms with Crippen LogP contribution in [-0.4, -0.2) is 23.0 Å². The largest absolute Gasteiger partial charge is 0.449 e. The number of carbonyl (C=O) groups is 2. The number of ether oxygens (including phenoxy) is 1. The molecule has 31 heavy (non-hydrogen) atoms. The quantitative estimate of drug-likeness (QED) is 0.411. The molecule has 1 amide bonds. The Kier molecular flexibility index (Phi) is 5.73. The van der Waals surface area contributed by atoms with E-state index in [1.54, 1.807) is 48.5 Å². The molecule has 1 N–H and O–H groups in total. The lowest BCUT2D eigenvalue weighted by Gasteiger charge is -2.15. The number of nitrogens with zero attached hydrogens (tertiary/aromatic N) is 1. The van der Waals surface area contributed by atoms with E-state index in [1.807, 2.05) is 25.1 Å². The minimum atomic E-state index is -1.02. The molecule has 0 saturated carbocycles. The van der Waals surface area contributed by atoms with Crippen molar-refractivity contribution in [3.63, 3.8) is 0 Å². The fraction of sp³-hybridized carbons (Fsp3) is 0.125. The third-order valence-corrected chi connectivity index (χ3v) is 5.17. The number of amides is 1. The zero-order valence-corrected chi connectivity index (χ0v) is 17.6. The number of para-hydroxylation sites is 2. The number of aromatic nitrogens is 1. The first kappa shape index (κ1) is 20.6. The van der Waals surface area contributed by atoms with Gasteiger partial charge in [-0.3, -0.25) is 4.79 Å². The molecule has 0 bridgehead atoms. The molecule has 1 unspecified atom stereocenters. The first-order valence-electron chi connectivity index (χ1n) is 9.65. The Balaban J connectivity index is 1.52. The van der Waals surface area contributed by atoms with Gasteiger partial charge in [0.15, 0.2) is 11.7 Å². The number of halogens is 1. The van der Waals surface area contributed by atoms with Crippen LogP contribution in [0, 0.1) is 6.92 Å². The van der Waals surface area contributed by atoms with E-state index in [4.69, 9.17) is 20.8 Å². The Morgan fingerprint density at radius 3 is 2.58 bits per heavy atom. The zero-order chi connectivity index (χ0) is 22.0.